The number of hydrogen-bond acceptors (Lipinski definition) is 4. The Balaban J connectivity index is 1.78. The molecule has 0 aromatic carbocycles. The molecule has 2 unspecified atom stereocenters. The Labute approximate surface area is 110 Å². The topological polar surface area (TPSA) is 41.6 Å². The Morgan fingerprint density at radius 3 is 2.72 bits per heavy atom. The summed E-state index contributed by atoms with van der Waals surface area (Å²) in [4.78, 5) is 13.9. The fourth-order valence-corrected chi connectivity index (χ4v) is 3.35. The number of likely N-dealkylation sites (N-methyl/N-ethyl adjacent to an activating group) is 1. The highest BCUT2D eigenvalue weighted by Gasteiger charge is 2.30. The predicted octanol–water partition coefficient (Wildman–Crippen LogP) is 1.26. The van der Waals surface area contributed by atoms with E-state index >= 15 is 0 Å². The first-order valence-corrected chi connectivity index (χ1v) is 7.18. The van der Waals surface area contributed by atoms with Crippen LogP contribution in [0.15, 0.2) is 0 Å². The number of carbonyl (C=O) groups excluding carboxylic acids is 1. The maximum atomic E-state index is 11.6. The lowest BCUT2D eigenvalue weighted by Gasteiger charge is -2.35. The summed E-state index contributed by atoms with van der Waals surface area (Å²) in [6, 6.07) is 0.438. The standard InChI is InChI=1S/C14H26N2O2/c1-16-9-12(14(17)18-2)7-13(10-16)15-8-11-5-3-4-6-11/h11-13,15H,3-10H2,1-2H3. The number of rotatable bonds is 4. The van der Waals surface area contributed by atoms with Crippen LogP contribution in [-0.2, 0) is 9.53 Å². The van der Waals surface area contributed by atoms with E-state index in [1.165, 1.54) is 32.8 Å². The van der Waals surface area contributed by atoms with Crippen molar-refractivity contribution in [3.05, 3.63) is 0 Å². The average molecular weight is 254 g/mol. The minimum Gasteiger partial charge on any atom is -0.469 e. The quantitative estimate of drug-likeness (QED) is 0.767. The highest BCUT2D eigenvalue weighted by Crippen LogP contribution is 2.24. The number of piperidine rings is 1. The molecule has 1 saturated heterocycles. The molecule has 1 heterocycles. The van der Waals surface area contributed by atoms with Crippen molar-refractivity contribution in [2.75, 3.05) is 33.8 Å². The van der Waals surface area contributed by atoms with Crippen LogP contribution in [0.5, 0.6) is 0 Å². The molecule has 1 aliphatic carbocycles. The van der Waals surface area contributed by atoms with E-state index in [-0.39, 0.29) is 11.9 Å². The molecule has 4 heteroatoms. The molecule has 2 fully saturated rings. The molecule has 0 spiro atoms. The molecular weight excluding hydrogens is 228 g/mol. The Hall–Kier alpha value is -0.610. The number of esters is 1. The van der Waals surface area contributed by atoms with Crippen LogP contribution in [0.25, 0.3) is 0 Å². The van der Waals surface area contributed by atoms with Crippen molar-refractivity contribution in [1.29, 1.82) is 0 Å². The number of methoxy groups -OCH3 is 1. The molecule has 2 aliphatic rings. The zero-order valence-corrected chi connectivity index (χ0v) is 11.7. The van der Waals surface area contributed by atoms with Crippen LogP contribution in [0.2, 0.25) is 0 Å². The van der Waals surface area contributed by atoms with Gasteiger partial charge in [0.2, 0.25) is 0 Å². The molecule has 0 bridgehead atoms. The normalized spacial score (nSPS) is 30.6. The summed E-state index contributed by atoms with van der Waals surface area (Å²) >= 11 is 0. The van der Waals surface area contributed by atoms with Crippen LogP contribution < -0.4 is 5.32 Å². The molecular formula is C14H26N2O2. The summed E-state index contributed by atoms with van der Waals surface area (Å²) in [7, 11) is 3.57. The highest BCUT2D eigenvalue weighted by atomic mass is 16.5. The Morgan fingerprint density at radius 1 is 1.33 bits per heavy atom. The lowest BCUT2D eigenvalue weighted by molar-refractivity contribution is -0.147. The van der Waals surface area contributed by atoms with Gasteiger partial charge in [-0.15, -0.1) is 0 Å². The first kappa shape index (κ1) is 13.8. The van der Waals surface area contributed by atoms with E-state index in [0.717, 1.165) is 32.0 Å². The monoisotopic (exact) mass is 254 g/mol. The molecule has 0 aromatic heterocycles. The fourth-order valence-electron chi connectivity index (χ4n) is 3.35. The zero-order chi connectivity index (χ0) is 13.0. The van der Waals surface area contributed by atoms with Crippen molar-refractivity contribution in [1.82, 2.24) is 10.2 Å². The third kappa shape index (κ3) is 3.69. The van der Waals surface area contributed by atoms with E-state index in [9.17, 15) is 4.79 Å². The Bertz CT molecular complexity index is 277. The molecule has 1 saturated carbocycles. The van der Waals surface area contributed by atoms with Gasteiger partial charge in [0.15, 0.2) is 0 Å². The Kier molecular flexibility index (Phi) is 5.01. The van der Waals surface area contributed by atoms with Crippen molar-refractivity contribution in [3.8, 4) is 0 Å². The molecule has 0 radical (unpaired) electrons. The second-order valence-corrected chi connectivity index (χ2v) is 5.93. The number of ether oxygens (including phenoxy) is 1. The van der Waals surface area contributed by atoms with Crippen LogP contribution in [0, 0.1) is 11.8 Å². The van der Waals surface area contributed by atoms with Gasteiger partial charge in [0.1, 0.15) is 0 Å². The Morgan fingerprint density at radius 2 is 2.06 bits per heavy atom. The summed E-state index contributed by atoms with van der Waals surface area (Å²) in [5, 5.41) is 3.65. The van der Waals surface area contributed by atoms with Crippen LogP contribution in [0.4, 0.5) is 0 Å². The van der Waals surface area contributed by atoms with Crippen molar-refractivity contribution in [3.63, 3.8) is 0 Å². The first-order chi connectivity index (χ1) is 8.69. The number of carbonyl (C=O) groups is 1. The summed E-state index contributed by atoms with van der Waals surface area (Å²) in [5.41, 5.74) is 0. The van der Waals surface area contributed by atoms with Crippen molar-refractivity contribution in [2.45, 2.75) is 38.1 Å². The van der Waals surface area contributed by atoms with E-state index in [4.69, 9.17) is 4.74 Å². The third-order valence-corrected chi connectivity index (χ3v) is 4.34. The predicted molar refractivity (Wildman–Crippen MR) is 71.4 cm³/mol. The first-order valence-electron chi connectivity index (χ1n) is 7.18. The maximum absolute atomic E-state index is 11.6. The van der Waals surface area contributed by atoms with Gasteiger partial charge in [-0.3, -0.25) is 4.79 Å². The van der Waals surface area contributed by atoms with Gasteiger partial charge in [-0.1, -0.05) is 12.8 Å². The molecule has 4 nitrogen and oxygen atoms in total. The number of likely N-dealkylation sites (tertiary alicyclic amines) is 1. The van der Waals surface area contributed by atoms with Gasteiger partial charge in [0.05, 0.1) is 13.0 Å². The van der Waals surface area contributed by atoms with Crippen LogP contribution in [-0.4, -0.2) is 50.7 Å². The SMILES string of the molecule is COC(=O)C1CC(NCC2CCCC2)CN(C)C1. The molecule has 2 atom stereocenters. The second-order valence-electron chi connectivity index (χ2n) is 5.93. The van der Waals surface area contributed by atoms with Gasteiger partial charge >= 0.3 is 5.97 Å². The smallest absolute Gasteiger partial charge is 0.310 e. The molecule has 104 valence electrons. The molecule has 2 rings (SSSR count). The van der Waals surface area contributed by atoms with Gasteiger partial charge < -0.3 is 15.0 Å². The fraction of sp³-hybridized carbons (Fsp3) is 0.929. The van der Waals surface area contributed by atoms with Crippen molar-refractivity contribution >= 4 is 5.97 Å². The minimum atomic E-state index is -0.0609. The maximum Gasteiger partial charge on any atom is 0.310 e. The summed E-state index contributed by atoms with van der Waals surface area (Å²) < 4.78 is 4.87. The molecule has 1 N–H and O–H groups in total. The van der Waals surface area contributed by atoms with Gasteiger partial charge in [0, 0.05) is 19.1 Å². The molecule has 0 aromatic rings. The van der Waals surface area contributed by atoms with E-state index in [1.54, 1.807) is 0 Å². The minimum absolute atomic E-state index is 0.0369. The number of nitrogens with zero attached hydrogens (tertiary/aromatic N) is 1. The second kappa shape index (κ2) is 6.53. The molecule has 0 amide bonds. The molecule has 18 heavy (non-hydrogen) atoms. The lowest BCUT2D eigenvalue weighted by Crippen LogP contribution is -2.50. The van der Waals surface area contributed by atoms with Gasteiger partial charge in [0.25, 0.3) is 0 Å². The van der Waals surface area contributed by atoms with E-state index in [1.807, 2.05) is 0 Å². The van der Waals surface area contributed by atoms with Crippen molar-refractivity contribution < 1.29 is 9.53 Å². The highest BCUT2D eigenvalue weighted by molar-refractivity contribution is 5.72. The van der Waals surface area contributed by atoms with Gasteiger partial charge in [-0.05, 0) is 38.8 Å². The lowest BCUT2D eigenvalue weighted by atomic mass is 9.94. The van der Waals surface area contributed by atoms with Gasteiger partial charge in [-0.25, -0.2) is 0 Å². The summed E-state index contributed by atoms with van der Waals surface area (Å²) in [5.74, 6) is 0.831. The number of nitrogens with one attached hydrogen (secondary N) is 1. The van der Waals surface area contributed by atoms with E-state index in [2.05, 4.69) is 17.3 Å². The summed E-state index contributed by atoms with van der Waals surface area (Å²) in [6.07, 6.45) is 6.44. The van der Waals surface area contributed by atoms with Crippen LogP contribution in [0.1, 0.15) is 32.1 Å². The molecule has 1 aliphatic heterocycles. The van der Waals surface area contributed by atoms with E-state index in [0.29, 0.717) is 6.04 Å². The van der Waals surface area contributed by atoms with Crippen molar-refractivity contribution in [2.24, 2.45) is 11.8 Å². The van der Waals surface area contributed by atoms with Crippen LogP contribution >= 0.6 is 0 Å². The van der Waals surface area contributed by atoms with Crippen LogP contribution in [0.3, 0.4) is 0 Å². The third-order valence-electron chi connectivity index (χ3n) is 4.34. The average Bonchev–Trinajstić information content (AvgIpc) is 2.88. The summed E-state index contributed by atoms with van der Waals surface area (Å²) in [6.45, 7) is 2.99. The largest absolute Gasteiger partial charge is 0.469 e. The van der Waals surface area contributed by atoms with Gasteiger partial charge in [-0.2, -0.15) is 0 Å². The van der Waals surface area contributed by atoms with E-state index < -0.39 is 0 Å². The number of hydrogen-bond donors (Lipinski definition) is 1. The zero-order valence-electron chi connectivity index (χ0n) is 11.7.